The number of urea groups is 1. The van der Waals surface area contributed by atoms with E-state index in [2.05, 4.69) is 10.0 Å². The van der Waals surface area contributed by atoms with Crippen molar-refractivity contribution in [3.8, 4) is 17.2 Å². The zero-order chi connectivity index (χ0) is 31.6. The van der Waals surface area contributed by atoms with Crippen molar-refractivity contribution in [2.75, 3.05) is 43.6 Å². The average Bonchev–Trinajstić information content (AvgIpc) is 3.47. The number of benzene rings is 3. The lowest BCUT2D eigenvalue weighted by Gasteiger charge is -2.38. The molecule has 0 bridgehead atoms. The second-order valence-corrected chi connectivity index (χ2v) is 12.4. The Balaban J connectivity index is 1.44. The number of halogens is 1. The molecule has 3 N–H and O–H groups in total. The summed E-state index contributed by atoms with van der Waals surface area (Å²) < 4.78 is 59.4. The van der Waals surface area contributed by atoms with Crippen LogP contribution < -0.4 is 24.2 Å². The topological polar surface area (TPSA) is 147 Å². The van der Waals surface area contributed by atoms with Crippen molar-refractivity contribution in [3.05, 3.63) is 72.0 Å². The number of carbonyl (C=O) groups excluding carboxylic acids is 2. The van der Waals surface area contributed by atoms with Crippen molar-refractivity contribution in [1.29, 1.82) is 0 Å². The van der Waals surface area contributed by atoms with Crippen LogP contribution in [0.15, 0.2) is 65.6 Å². The molecular formula is C30H33FN4O8S. The molecule has 2 aliphatic heterocycles. The molecule has 234 valence electrons. The summed E-state index contributed by atoms with van der Waals surface area (Å²) in [7, 11) is -2.61. The Hall–Kier alpha value is -4.56. The van der Waals surface area contributed by atoms with E-state index in [4.69, 9.17) is 14.2 Å². The fourth-order valence-corrected chi connectivity index (χ4v) is 5.97. The highest BCUT2D eigenvalue weighted by Gasteiger charge is 2.35. The Morgan fingerprint density at radius 3 is 2.59 bits per heavy atom. The number of aliphatic hydroxyl groups is 1. The summed E-state index contributed by atoms with van der Waals surface area (Å²) in [6, 6.07) is 12.8. The number of anilines is 2. The molecule has 0 aliphatic carbocycles. The second-order valence-electron chi connectivity index (χ2n) is 10.7. The summed E-state index contributed by atoms with van der Waals surface area (Å²) in [5, 5.41) is 12.7. The van der Waals surface area contributed by atoms with Gasteiger partial charge >= 0.3 is 6.03 Å². The molecule has 0 unspecified atom stereocenters. The van der Waals surface area contributed by atoms with Crippen LogP contribution in [0.5, 0.6) is 17.2 Å². The predicted molar refractivity (Wildman–Crippen MR) is 159 cm³/mol. The van der Waals surface area contributed by atoms with Crippen LogP contribution in [-0.4, -0.2) is 80.9 Å². The Labute approximate surface area is 254 Å². The maximum Gasteiger partial charge on any atom is 0.321 e. The van der Waals surface area contributed by atoms with Gasteiger partial charge in [0.15, 0.2) is 17.2 Å². The van der Waals surface area contributed by atoms with Gasteiger partial charge in [0, 0.05) is 31.3 Å². The van der Waals surface area contributed by atoms with E-state index in [1.54, 1.807) is 32.2 Å². The van der Waals surface area contributed by atoms with E-state index in [1.165, 1.54) is 28.0 Å². The average molecular weight is 629 g/mol. The van der Waals surface area contributed by atoms with E-state index in [1.807, 2.05) is 6.92 Å². The SMILES string of the molecule is C[C@@H]1CN([C@@H](C)CO)C(=O)c2cccc(NS(=O)(=O)c3ccc(F)cc3)c2O[C@H]1CN(C)C(=O)Nc1ccc2c(c1)OCO2. The zero-order valence-electron chi connectivity index (χ0n) is 24.3. The molecular weight excluding hydrogens is 595 g/mol. The highest BCUT2D eigenvalue weighted by Crippen LogP contribution is 2.37. The first kappa shape index (κ1) is 30.9. The van der Waals surface area contributed by atoms with Crippen molar-refractivity contribution in [2.24, 2.45) is 5.92 Å². The standard InChI is InChI=1S/C30H33FN4O8S/c1-18-14-35(19(2)16-36)29(37)23-5-4-6-24(33-44(39,40)22-10-7-20(31)8-11-22)28(23)43-27(18)15-34(3)30(38)32-21-9-12-25-26(13-21)42-17-41-25/h4-13,18-19,27,33,36H,14-17H2,1-3H3,(H,32,38)/t18-,19+,27+/m1/s1. The fraction of sp³-hybridized carbons (Fsp3) is 0.333. The van der Waals surface area contributed by atoms with Crippen LogP contribution in [0.2, 0.25) is 0 Å². The minimum atomic E-state index is -4.20. The van der Waals surface area contributed by atoms with Gasteiger partial charge in [0.2, 0.25) is 6.79 Å². The van der Waals surface area contributed by atoms with E-state index < -0.39 is 39.9 Å². The molecule has 3 aromatic carbocycles. The number of hydrogen-bond acceptors (Lipinski definition) is 8. The number of fused-ring (bicyclic) bond motifs is 2. The van der Waals surface area contributed by atoms with Crippen LogP contribution in [0, 0.1) is 11.7 Å². The Kier molecular flexibility index (Phi) is 8.83. The van der Waals surface area contributed by atoms with Crippen molar-refractivity contribution < 1.29 is 41.7 Å². The smallest absolute Gasteiger partial charge is 0.321 e. The summed E-state index contributed by atoms with van der Waals surface area (Å²) in [5.74, 6) is -0.345. The van der Waals surface area contributed by atoms with Crippen LogP contribution in [0.1, 0.15) is 24.2 Å². The van der Waals surface area contributed by atoms with Crippen molar-refractivity contribution in [1.82, 2.24) is 9.80 Å². The van der Waals surface area contributed by atoms with Gasteiger partial charge in [-0.25, -0.2) is 17.6 Å². The Bertz CT molecular complexity index is 1650. The van der Waals surface area contributed by atoms with E-state index in [-0.39, 0.29) is 54.3 Å². The number of nitrogens with zero attached hydrogens (tertiary/aromatic N) is 2. The van der Waals surface area contributed by atoms with Crippen LogP contribution >= 0.6 is 0 Å². The molecule has 2 heterocycles. The number of rotatable bonds is 8. The van der Waals surface area contributed by atoms with Crippen molar-refractivity contribution >= 4 is 33.3 Å². The molecule has 5 rings (SSSR count). The lowest BCUT2D eigenvalue weighted by molar-refractivity contribution is 0.0373. The summed E-state index contributed by atoms with van der Waals surface area (Å²) in [4.78, 5) is 29.6. The molecule has 2 aliphatic rings. The number of ether oxygens (including phenoxy) is 3. The summed E-state index contributed by atoms with van der Waals surface area (Å²) in [6.45, 7) is 3.61. The number of carbonyl (C=O) groups is 2. The number of likely N-dealkylation sites (N-methyl/N-ethyl adjacent to an activating group) is 1. The number of sulfonamides is 1. The number of para-hydroxylation sites is 1. The van der Waals surface area contributed by atoms with Gasteiger partial charge in [-0.1, -0.05) is 13.0 Å². The van der Waals surface area contributed by atoms with Gasteiger partial charge in [-0.2, -0.15) is 0 Å². The minimum Gasteiger partial charge on any atom is -0.485 e. The van der Waals surface area contributed by atoms with E-state index >= 15 is 0 Å². The molecule has 3 aromatic rings. The van der Waals surface area contributed by atoms with Gasteiger partial charge in [0.05, 0.1) is 35.3 Å². The maximum atomic E-state index is 13.7. The first-order chi connectivity index (χ1) is 21.0. The van der Waals surface area contributed by atoms with Gasteiger partial charge < -0.3 is 34.4 Å². The van der Waals surface area contributed by atoms with Gasteiger partial charge in [0.25, 0.3) is 15.9 Å². The van der Waals surface area contributed by atoms with Crippen molar-refractivity contribution in [2.45, 2.75) is 30.9 Å². The van der Waals surface area contributed by atoms with E-state index in [0.717, 1.165) is 24.3 Å². The van der Waals surface area contributed by atoms with Gasteiger partial charge in [-0.05, 0) is 55.5 Å². The predicted octanol–water partition coefficient (Wildman–Crippen LogP) is 3.74. The van der Waals surface area contributed by atoms with Gasteiger partial charge in [-0.15, -0.1) is 0 Å². The highest BCUT2D eigenvalue weighted by molar-refractivity contribution is 7.92. The second kappa shape index (κ2) is 12.6. The molecule has 0 fully saturated rings. The third-order valence-electron chi connectivity index (χ3n) is 7.48. The first-order valence-corrected chi connectivity index (χ1v) is 15.4. The quantitative estimate of drug-likeness (QED) is 0.342. The summed E-state index contributed by atoms with van der Waals surface area (Å²) in [6.07, 6.45) is -0.709. The monoisotopic (exact) mass is 628 g/mol. The summed E-state index contributed by atoms with van der Waals surface area (Å²) in [5.41, 5.74) is 0.561. The number of amides is 3. The number of nitrogens with one attached hydrogen (secondary N) is 2. The van der Waals surface area contributed by atoms with Gasteiger partial charge in [-0.3, -0.25) is 9.52 Å². The largest absolute Gasteiger partial charge is 0.485 e. The molecule has 14 heteroatoms. The highest BCUT2D eigenvalue weighted by atomic mass is 32.2. The van der Waals surface area contributed by atoms with E-state index in [9.17, 15) is 27.5 Å². The lowest BCUT2D eigenvalue weighted by Crippen LogP contribution is -2.50. The van der Waals surface area contributed by atoms with Crippen LogP contribution in [0.3, 0.4) is 0 Å². The number of aliphatic hydroxyl groups excluding tert-OH is 1. The Morgan fingerprint density at radius 1 is 1.14 bits per heavy atom. The van der Waals surface area contributed by atoms with E-state index in [0.29, 0.717) is 17.2 Å². The lowest BCUT2D eigenvalue weighted by atomic mass is 9.99. The summed E-state index contributed by atoms with van der Waals surface area (Å²) >= 11 is 0. The first-order valence-electron chi connectivity index (χ1n) is 13.9. The molecule has 12 nitrogen and oxygen atoms in total. The van der Waals surface area contributed by atoms with Crippen LogP contribution in [-0.2, 0) is 10.0 Å². The molecule has 0 radical (unpaired) electrons. The Morgan fingerprint density at radius 2 is 1.86 bits per heavy atom. The zero-order valence-corrected chi connectivity index (χ0v) is 25.1. The minimum absolute atomic E-state index is 0.0108. The molecule has 0 saturated carbocycles. The van der Waals surface area contributed by atoms with Crippen LogP contribution in [0.4, 0.5) is 20.6 Å². The fourth-order valence-electron chi connectivity index (χ4n) is 4.91. The molecule has 3 amide bonds. The molecule has 0 spiro atoms. The number of hydrogen-bond donors (Lipinski definition) is 3. The molecule has 44 heavy (non-hydrogen) atoms. The van der Waals surface area contributed by atoms with Crippen LogP contribution in [0.25, 0.3) is 0 Å². The maximum absolute atomic E-state index is 13.7. The molecule has 3 atom stereocenters. The third-order valence-corrected chi connectivity index (χ3v) is 8.87. The molecule has 0 saturated heterocycles. The van der Waals surface area contributed by atoms with Crippen molar-refractivity contribution in [3.63, 3.8) is 0 Å². The molecule has 0 aromatic heterocycles. The third kappa shape index (κ3) is 6.50. The van der Waals surface area contributed by atoms with Gasteiger partial charge in [0.1, 0.15) is 11.9 Å². The normalized spacial score (nSPS) is 18.4.